The molecule has 0 atom stereocenters. The van der Waals surface area contributed by atoms with E-state index in [1.165, 1.54) is 6.20 Å². The highest BCUT2D eigenvalue weighted by atomic mass is 16.5. The Kier molecular flexibility index (Phi) is 3.30. The Bertz CT molecular complexity index is 497. The molecule has 2 N–H and O–H groups in total. The number of amides is 1. The van der Waals surface area contributed by atoms with Crippen molar-refractivity contribution < 1.29 is 9.53 Å². The van der Waals surface area contributed by atoms with Crippen LogP contribution in [0.4, 0.5) is 0 Å². The van der Waals surface area contributed by atoms with Crippen LogP contribution in [0.15, 0.2) is 42.7 Å². The highest BCUT2D eigenvalue weighted by molar-refractivity contribution is 5.92. The molecular formula is C12H11N3O2. The van der Waals surface area contributed by atoms with Crippen molar-refractivity contribution in [3.63, 3.8) is 0 Å². The van der Waals surface area contributed by atoms with Crippen molar-refractivity contribution in [1.29, 1.82) is 0 Å². The fraction of sp³-hybridized carbons (Fsp3) is 0.0833. The molecule has 0 bridgehead atoms. The molecule has 0 saturated carbocycles. The predicted molar refractivity (Wildman–Crippen MR) is 61.3 cm³/mol. The Morgan fingerprint density at radius 2 is 2.12 bits per heavy atom. The van der Waals surface area contributed by atoms with Gasteiger partial charge in [-0.25, -0.2) is 4.98 Å². The van der Waals surface area contributed by atoms with Gasteiger partial charge in [-0.05, 0) is 18.2 Å². The Balaban J connectivity index is 1.98. The van der Waals surface area contributed by atoms with Crippen LogP contribution in [0.25, 0.3) is 0 Å². The van der Waals surface area contributed by atoms with E-state index < -0.39 is 5.91 Å². The first-order valence-corrected chi connectivity index (χ1v) is 5.04. The number of hydrogen-bond donors (Lipinski definition) is 1. The molecule has 0 saturated heterocycles. The van der Waals surface area contributed by atoms with E-state index in [-0.39, 0.29) is 0 Å². The van der Waals surface area contributed by atoms with Gasteiger partial charge in [0.15, 0.2) is 0 Å². The van der Waals surface area contributed by atoms with Gasteiger partial charge in [-0.15, -0.1) is 0 Å². The molecule has 0 aliphatic heterocycles. The molecule has 1 amide bonds. The van der Waals surface area contributed by atoms with Crippen LogP contribution in [-0.2, 0) is 6.61 Å². The lowest BCUT2D eigenvalue weighted by Crippen LogP contribution is -2.11. The molecule has 86 valence electrons. The smallest absolute Gasteiger partial charge is 0.250 e. The second-order valence-corrected chi connectivity index (χ2v) is 3.36. The molecule has 0 aliphatic rings. The Morgan fingerprint density at radius 3 is 2.71 bits per heavy atom. The lowest BCUT2D eigenvalue weighted by molar-refractivity contribution is 0.1000. The summed E-state index contributed by atoms with van der Waals surface area (Å²) in [7, 11) is 0. The minimum Gasteiger partial charge on any atom is -0.471 e. The van der Waals surface area contributed by atoms with Crippen molar-refractivity contribution in [2.24, 2.45) is 5.73 Å². The zero-order valence-electron chi connectivity index (χ0n) is 9.04. The van der Waals surface area contributed by atoms with Crippen LogP contribution in [-0.4, -0.2) is 15.9 Å². The third kappa shape index (κ3) is 3.01. The van der Waals surface area contributed by atoms with Crippen molar-refractivity contribution in [3.8, 4) is 5.88 Å². The van der Waals surface area contributed by atoms with Crippen LogP contribution < -0.4 is 10.5 Å². The monoisotopic (exact) mass is 229 g/mol. The number of hydrogen-bond acceptors (Lipinski definition) is 4. The number of aromatic nitrogens is 2. The number of pyridine rings is 2. The van der Waals surface area contributed by atoms with Crippen LogP contribution in [0.5, 0.6) is 5.88 Å². The first kappa shape index (κ1) is 11.1. The molecule has 2 aromatic rings. The summed E-state index contributed by atoms with van der Waals surface area (Å²) in [6.07, 6.45) is 3.08. The van der Waals surface area contributed by atoms with Gasteiger partial charge in [0.25, 0.3) is 0 Å². The summed E-state index contributed by atoms with van der Waals surface area (Å²) in [6, 6.07) is 8.75. The molecule has 2 heterocycles. The first-order chi connectivity index (χ1) is 8.25. The summed E-state index contributed by atoms with van der Waals surface area (Å²) in [5, 5.41) is 0. The Morgan fingerprint density at radius 1 is 1.24 bits per heavy atom. The quantitative estimate of drug-likeness (QED) is 0.853. The summed E-state index contributed by atoms with van der Waals surface area (Å²) in [5.74, 6) is -0.0746. The second-order valence-electron chi connectivity index (χ2n) is 3.36. The summed E-state index contributed by atoms with van der Waals surface area (Å²) < 4.78 is 5.40. The fourth-order valence-corrected chi connectivity index (χ4v) is 1.24. The van der Waals surface area contributed by atoms with E-state index in [1.807, 2.05) is 18.2 Å². The van der Waals surface area contributed by atoms with Gasteiger partial charge in [0, 0.05) is 18.5 Å². The third-order valence-corrected chi connectivity index (χ3v) is 2.11. The van der Waals surface area contributed by atoms with Crippen LogP contribution in [0.1, 0.15) is 16.1 Å². The average molecular weight is 229 g/mol. The molecule has 2 aromatic heterocycles. The van der Waals surface area contributed by atoms with Crippen LogP contribution in [0.3, 0.4) is 0 Å². The summed E-state index contributed by atoms with van der Waals surface area (Å²) in [6.45, 7) is 0.337. The Labute approximate surface area is 98.3 Å². The van der Waals surface area contributed by atoms with Gasteiger partial charge >= 0.3 is 0 Å². The number of rotatable bonds is 4. The maximum atomic E-state index is 10.8. The van der Waals surface area contributed by atoms with Gasteiger partial charge < -0.3 is 10.5 Å². The van der Waals surface area contributed by atoms with E-state index in [2.05, 4.69) is 9.97 Å². The van der Waals surface area contributed by atoms with Crippen molar-refractivity contribution >= 4 is 5.91 Å². The fourth-order valence-electron chi connectivity index (χ4n) is 1.24. The normalized spacial score (nSPS) is 9.88. The number of ether oxygens (including phenoxy) is 1. The van der Waals surface area contributed by atoms with Crippen molar-refractivity contribution in [1.82, 2.24) is 9.97 Å². The number of carbonyl (C=O) groups excluding carboxylic acids is 1. The van der Waals surface area contributed by atoms with Gasteiger partial charge in [0.1, 0.15) is 6.61 Å². The standard InChI is InChI=1S/C12H11N3O2/c13-12(16)9-4-5-11(15-7-9)17-8-10-3-1-2-6-14-10/h1-7H,8H2,(H2,13,16). The highest BCUT2D eigenvalue weighted by Gasteiger charge is 2.02. The van der Waals surface area contributed by atoms with E-state index >= 15 is 0 Å². The molecule has 0 aliphatic carbocycles. The predicted octanol–water partition coefficient (Wildman–Crippen LogP) is 1.15. The highest BCUT2D eigenvalue weighted by Crippen LogP contribution is 2.09. The molecule has 0 spiro atoms. The van der Waals surface area contributed by atoms with Crippen molar-refractivity contribution in [2.45, 2.75) is 6.61 Å². The SMILES string of the molecule is NC(=O)c1ccc(OCc2ccccn2)nc1. The van der Waals surface area contributed by atoms with Gasteiger partial charge in [-0.3, -0.25) is 9.78 Å². The molecule has 0 fully saturated rings. The molecule has 5 heteroatoms. The van der Waals surface area contributed by atoms with E-state index in [0.29, 0.717) is 18.1 Å². The maximum absolute atomic E-state index is 10.8. The minimum atomic E-state index is -0.506. The minimum absolute atomic E-state index is 0.337. The number of primary amides is 1. The molecule has 0 unspecified atom stereocenters. The van der Waals surface area contributed by atoms with Gasteiger partial charge in [0.2, 0.25) is 11.8 Å². The second kappa shape index (κ2) is 5.07. The van der Waals surface area contributed by atoms with Crippen molar-refractivity contribution in [2.75, 3.05) is 0 Å². The molecule has 5 nitrogen and oxygen atoms in total. The largest absolute Gasteiger partial charge is 0.471 e. The zero-order valence-corrected chi connectivity index (χ0v) is 9.04. The van der Waals surface area contributed by atoms with Gasteiger partial charge in [-0.1, -0.05) is 6.07 Å². The summed E-state index contributed by atoms with van der Waals surface area (Å²) >= 11 is 0. The molecule has 2 rings (SSSR count). The molecule has 0 radical (unpaired) electrons. The Hall–Kier alpha value is -2.43. The number of nitrogens with two attached hydrogens (primary N) is 1. The molecule has 17 heavy (non-hydrogen) atoms. The molecular weight excluding hydrogens is 218 g/mol. The zero-order chi connectivity index (χ0) is 12.1. The van der Waals surface area contributed by atoms with Crippen molar-refractivity contribution in [3.05, 3.63) is 54.0 Å². The topological polar surface area (TPSA) is 78.1 Å². The molecule has 0 aromatic carbocycles. The lowest BCUT2D eigenvalue weighted by Gasteiger charge is -2.04. The summed E-state index contributed by atoms with van der Waals surface area (Å²) in [4.78, 5) is 18.9. The average Bonchev–Trinajstić information content (AvgIpc) is 2.38. The van der Waals surface area contributed by atoms with E-state index in [0.717, 1.165) is 5.69 Å². The van der Waals surface area contributed by atoms with Crippen LogP contribution in [0.2, 0.25) is 0 Å². The number of nitrogens with zero attached hydrogens (tertiary/aromatic N) is 2. The maximum Gasteiger partial charge on any atom is 0.250 e. The first-order valence-electron chi connectivity index (χ1n) is 5.04. The van der Waals surface area contributed by atoms with Gasteiger partial charge in [0.05, 0.1) is 11.3 Å². The van der Waals surface area contributed by atoms with Crippen LogP contribution >= 0.6 is 0 Å². The third-order valence-electron chi connectivity index (χ3n) is 2.11. The van der Waals surface area contributed by atoms with E-state index in [9.17, 15) is 4.79 Å². The van der Waals surface area contributed by atoms with E-state index in [1.54, 1.807) is 18.3 Å². The number of carbonyl (C=O) groups is 1. The van der Waals surface area contributed by atoms with E-state index in [4.69, 9.17) is 10.5 Å². The van der Waals surface area contributed by atoms with Gasteiger partial charge in [-0.2, -0.15) is 0 Å². The summed E-state index contributed by atoms with van der Waals surface area (Å²) in [5.41, 5.74) is 6.27. The van der Waals surface area contributed by atoms with Crippen LogP contribution in [0, 0.1) is 0 Å². The lowest BCUT2D eigenvalue weighted by atomic mass is 10.3.